The molecule has 1 aliphatic heterocycles. The Bertz CT molecular complexity index is 1850. The van der Waals surface area contributed by atoms with Crippen molar-refractivity contribution in [2.75, 3.05) is 16.7 Å². The summed E-state index contributed by atoms with van der Waals surface area (Å²) in [6, 6.07) is 16.4. The fourth-order valence-corrected chi connectivity index (χ4v) is 5.73. The first kappa shape index (κ1) is 29.5. The van der Waals surface area contributed by atoms with Gasteiger partial charge in [-0.3, -0.25) is 15.2 Å². The average Bonchev–Trinajstić information content (AvgIpc) is 3.58. The third kappa shape index (κ3) is 6.00. The van der Waals surface area contributed by atoms with Crippen molar-refractivity contribution in [2.24, 2.45) is 9.98 Å². The van der Waals surface area contributed by atoms with Crippen molar-refractivity contribution in [3.05, 3.63) is 106 Å². The molecule has 0 spiro atoms. The fourth-order valence-electron chi connectivity index (χ4n) is 4.94. The summed E-state index contributed by atoms with van der Waals surface area (Å²) in [5.41, 5.74) is 7.52. The van der Waals surface area contributed by atoms with Crippen molar-refractivity contribution < 1.29 is 9.18 Å². The highest BCUT2D eigenvalue weighted by molar-refractivity contribution is 8.00. The number of fused-ring (bicyclic) bond motifs is 2. The lowest BCUT2D eigenvalue weighted by atomic mass is 10.1. The lowest BCUT2D eigenvalue weighted by Crippen LogP contribution is -2.23. The summed E-state index contributed by atoms with van der Waals surface area (Å²) in [6.45, 7) is 9.64. The minimum Gasteiger partial charge on any atom is -0.392 e. The Morgan fingerprint density at radius 1 is 1.19 bits per heavy atom. The number of aromatic nitrogens is 1. The van der Waals surface area contributed by atoms with E-state index in [2.05, 4.69) is 31.7 Å². The predicted octanol–water partition coefficient (Wildman–Crippen LogP) is 7.50. The van der Waals surface area contributed by atoms with E-state index in [4.69, 9.17) is 5.41 Å². The van der Waals surface area contributed by atoms with Gasteiger partial charge in [-0.05, 0) is 87.0 Å². The monoisotopic (exact) mass is 593 g/mol. The van der Waals surface area contributed by atoms with Crippen LogP contribution in [0.15, 0.2) is 93.0 Å². The molecule has 0 saturated heterocycles. The van der Waals surface area contributed by atoms with E-state index in [0.29, 0.717) is 23.4 Å². The van der Waals surface area contributed by atoms with Crippen LogP contribution in [0.1, 0.15) is 40.9 Å². The first-order valence-corrected chi connectivity index (χ1v) is 14.4. The first-order valence-electron chi connectivity index (χ1n) is 13.6. The molecule has 0 aliphatic carbocycles. The quantitative estimate of drug-likeness (QED) is 0.0915. The van der Waals surface area contributed by atoms with Crippen molar-refractivity contribution in [1.29, 1.82) is 5.41 Å². The second-order valence-electron chi connectivity index (χ2n) is 10.2. The Hall–Kier alpha value is -4.96. The fraction of sp³-hybridized carbons (Fsp3) is 0.152. The van der Waals surface area contributed by atoms with E-state index >= 15 is 0 Å². The summed E-state index contributed by atoms with van der Waals surface area (Å²) in [5.74, 6) is -0.215. The van der Waals surface area contributed by atoms with Crippen LogP contribution in [0.25, 0.3) is 16.6 Å². The minimum atomic E-state index is -0.240. The van der Waals surface area contributed by atoms with Crippen LogP contribution in [0.2, 0.25) is 0 Å². The van der Waals surface area contributed by atoms with E-state index < -0.39 is 0 Å². The molecular weight excluding hydrogens is 561 g/mol. The molecule has 5 rings (SSSR count). The summed E-state index contributed by atoms with van der Waals surface area (Å²) < 4.78 is 17.1. The third-order valence-corrected chi connectivity index (χ3v) is 8.10. The smallest absolute Gasteiger partial charge is 0.259 e. The van der Waals surface area contributed by atoms with Gasteiger partial charge in [-0.15, -0.1) is 0 Å². The van der Waals surface area contributed by atoms with E-state index in [1.165, 1.54) is 18.0 Å². The van der Waals surface area contributed by atoms with Crippen LogP contribution in [0.4, 0.5) is 15.8 Å². The number of nitrogens with one attached hydrogen (secondary N) is 4. The Kier molecular flexibility index (Phi) is 8.58. The normalized spacial score (nSPS) is 13.8. The summed E-state index contributed by atoms with van der Waals surface area (Å²) in [5, 5.41) is 11.9. The molecule has 218 valence electrons. The van der Waals surface area contributed by atoms with E-state index in [0.717, 1.165) is 49.6 Å². The van der Waals surface area contributed by atoms with Crippen molar-refractivity contribution in [1.82, 2.24) is 10.3 Å². The molecule has 0 saturated carbocycles. The van der Waals surface area contributed by atoms with Crippen LogP contribution < -0.4 is 14.9 Å². The number of amidine groups is 1. The zero-order chi connectivity index (χ0) is 30.7. The number of aliphatic imine (C=N–C) groups is 2. The molecule has 43 heavy (non-hydrogen) atoms. The van der Waals surface area contributed by atoms with Gasteiger partial charge in [-0.2, -0.15) is 0 Å². The largest absolute Gasteiger partial charge is 0.392 e. The number of aromatic amines is 1. The molecule has 0 fully saturated rings. The number of amides is 1. The summed E-state index contributed by atoms with van der Waals surface area (Å²) in [6.07, 6.45) is 5.10. The van der Waals surface area contributed by atoms with E-state index in [1.54, 1.807) is 43.3 Å². The topological polar surface area (TPSA) is 109 Å². The number of rotatable bonds is 9. The van der Waals surface area contributed by atoms with Crippen molar-refractivity contribution in [3.8, 4) is 0 Å². The van der Waals surface area contributed by atoms with Gasteiger partial charge >= 0.3 is 0 Å². The van der Waals surface area contributed by atoms with Gasteiger partial charge in [0.15, 0.2) is 0 Å². The molecule has 2 heterocycles. The number of hydrogen-bond acceptors (Lipinski definition) is 6. The highest BCUT2D eigenvalue weighted by Crippen LogP contribution is 2.39. The number of para-hydroxylation sites is 1. The number of anilines is 2. The molecule has 3 aromatic carbocycles. The van der Waals surface area contributed by atoms with Crippen LogP contribution in [0.3, 0.4) is 0 Å². The molecule has 0 radical (unpaired) electrons. The SMILES string of the molecule is C=N/C(=C(/C)C=NC(=N)/C=C(/C)NC)c1c[nH]c2c(N3Cc4c(NSc5ccc(F)c(C)c5)cccc4C3=O)cccc12. The van der Waals surface area contributed by atoms with Crippen LogP contribution in [0, 0.1) is 18.2 Å². The number of halogens is 1. The Balaban J connectivity index is 1.43. The van der Waals surface area contributed by atoms with Gasteiger partial charge in [0.25, 0.3) is 5.91 Å². The highest BCUT2D eigenvalue weighted by Gasteiger charge is 2.32. The third-order valence-electron chi connectivity index (χ3n) is 7.29. The lowest BCUT2D eigenvalue weighted by Gasteiger charge is -2.17. The molecule has 8 nitrogen and oxygen atoms in total. The Morgan fingerprint density at radius 3 is 2.72 bits per heavy atom. The molecule has 0 unspecified atom stereocenters. The lowest BCUT2D eigenvalue weighted by molar-refractivity contribution is 0.0997. The molecule has 4 N–H and O–H groups in total. The van der Waals surface area contributed by atoms with E-state index in [9.17, 15) is 9.18 Å². The molecule has 0 atom stereocenters. The molecule has 10 heteroatoms. The number of carbonyl (C=O) groups is 1. The summed E-state index contributed by atoms with van der Waals surface area (Å²) in [4.78, 5) is 28.2. The number of nitrogens with zero attached hydrogens (tertiary/aromatic N) is 3. The number of H-pyrrole nitrogens is 1. The second kappa shape index (κ2) is 12.5. The van der Waals surface area contributed by atoms with Crippen molar-refractivity contribution in [3.63, 3.8) is 0 Å². The highest BCUT2D eigenvalue weighted by atomic mass is 32.2. The number of hydrogen-bond donors (Lipinski definition) is 4. The number of allylic oxidation sites excluding steroid dienone is 2. The van der Waals surface area contributed by atoms with Crippen LogP contribution in [-0.4, -0.2) is 36.7 Å². The van der Waals surface area contributed by atoms with Crippen LogP contribution >= 0.6 is 11.9 Å². The molecule has 1 amide bonds. The van der Waals surface area contributed by atoms with Crippen molar-refractivity contribution in [2.45, 2.75) is 32.2 Å². The van der Waals surface area contributed by atoms with Crippen LogP contribution in [-0.2, 0) is 6.54 Å². The van der Waals surface area contributed by atoms with Gasteiger partial charge in [0.1, 0.15) is 11.7 Å². The number of aryl methyl sites for hydroxylation is 1. The van der Waals surface area contributed by atoms with Crippen molar-refractivity contribution >= 4 is 64.6 Å². The van der Waals surface area contributed by atoms with Gasteiger partial charge < -0.3 is 19.9 Å². The van der Waals surface area contributed by atoms with Gasteiger partial charge in [-0.1, -0.05) is 18.2 Å². The van der Waals surface area contributed by atoms with E-state index in [-0.39, 0.29) is 17.6 Å². The molecule has 1 aliphatic rings. The predicted molar refractivity (Wildman–Crippen MR) is 177 cm³/mol. The van der Waals surface area contributed by atoms with Crippen LogP contribution in [0.5, 0.6) is 0 Å². The summed E-state index contributed by atoms with van der Waals surface area (Å²) in [7, 11) is 1.79. The Morgan fingerprint density at radius 2 is 1.98 bits per heavy atom. The zero-order valence-electron chi connectivity index (χ0n) is 24.4. The number of benzene rings is 3. The van der Waals surface area contributed by atoms with Gasteiger partial charge in [0.2, 0.25) is 0 Å². The summed E-state index contributed by atoms with van der Waals surface area (Å²) >= 11 is 1.38. The molecule has 4 aromatic rings. The molecular formula is C33H32FN7OS. The number of carbonyl (C=O) groups excluding carboxylic acids is 1. The van der Waals surface area contributed by atoms with Gasteiger partial charge in [0, 0.05) is 58.2 Å². The standard InChI is InChI=1S/C33H32FN7OS/c1-19-14-22(12-13-27(19)34)43-40-28-10-6-9-24-26(28)18-41(33(24)42)29-11-7-8-23-25(17-39-32(23)29)31(37-5)20(2)16-38-30(35)15-21(3)36-4/h6-17,35-36,39-40H,5,18H2,1-4H3/b21-15-,31-20-,35-30?,38-16?. The maximum Gasteiger partial charge on any atom is 0.259 e. The van der Waals surface area contributed by atoms with Gasteiger partial charge in [-0.25, -0.2) is 9.38 Å². The minimum absolute atomic E-state index is 0.0886. The molecule has 1 aromatic heterocycles. The van der Waals surface area contributed by atoms with Gasteiger partial charge in [0.05, 0.1) is 29.1 Å². The maximum absolute atomic E-state index is 13.7. The maximum atomic E-state index is 13.7. The average molecular weight is 594 g/mol. The van der Waals surface area contributed by atoms with E-state index in [1.807, 2.05) is 56.4 Å². The molecule has 0 bridgehead atoms. The Labute approximate surface area is 254 Å². The second-order valence-corrected chi connectivity index (χ2v) is 11.0. The first-order chi connectivity index (χ1) is 20.7. The zero-order valence-corrected chi connectivity index (χ0v) is 25.2.